The van der Waals surface area contributed by atoms with E-state index in [9.17, 15) is 0 Å². The van der Waals surface area contributed by atoms with Gasteiger partial charge in [-0.3, -0.25) is 9.69 Å². The standard InChI is InChI=1S/C60H58N6OS/c1-41-42(34-49-35-50(41)57(49,2)3)38-66-55(67)60(65-56(66)68,53(51-36-61-39-63-51)58(43-22-10-4-11-23-43,44-24-12-5-13-25-44)45-26-14-6-15-27-45)54(52-37-62-40-64-52)59(46-28-16-7-17-29-46,47-30-18-8-19-31-47)48-32-20-9-21-33-48/h4-33,36-37,39-42,49-50,53-54H,34-35,38H2,1-3H3,(H,61,63)(H,62,64)(H,65,68). The number of fused-ring (bicyclic) bond motifs is 2. The van der Waals surface area contributed by atoms with Gasteiger partial charge in [-0.15, -0.1) is 0 Å². The number of amides is 1. The van der Waals surface area contributed by atoms with Crippen LogP contribution in [-0.2, 0) is 15.6 Å². The zero-order chi connectivity index (χ0) is 46.5. The Labute approximate surface area is 405 Å². The van der Waals surface area contributed by atoms with Gasteiger partial charge >= 0.3 is 0 Å². The molecule has 3 saturated carbocycles. The first-order valence-corrected chi connectivity index (χ1v) is 24.6. The number of carbonyl (C=O) groups is 1. The predicted octanol–water partition coefficient (Wildman–Crippen LogP) is 11.8. The molecule has 3 N–H and O–H groups in total. The lowest BCUT2D eigenvalue weighted by atomic mass is 9.43. The molecule has 1 aliphatic heterocycles. The van der Waals surface area contributed by atoms with Crippen molar-refractivity contribution in [3.8, 4) is 0 Å². The van der Waals surface area contributed by atoms with Gasteiger partial charge in [0.25, 0.3) is 5.91 Å². The van der Waals surface area contributed by atoms with Gasteiger partial charge in [-0.1, -0.05) is 203 Å². The summed E-state index contributed by atoms with van der Waals surface area (Å²) in [6.45, 7) is 7.80. The first-order chi connectivity index (χ1) is 33.2. The van der Waals surface area contributed by atoms with Crippen LogP contribution in [0.25, 0.3) is 0 Å². The van der Waals surface area contributed by atoms with E-state index in [1.54, 1.807) is 12.7 Å². The van der Waals surface area contributed by atoms with Gasteiger partial charge in [-0.25, -0.2) is 9.97 Å². The summed E-state index contributed by atoms with van der Waals surface area (Å²) in [7, 11) is 0. The molecule has 6 aromatic carbocycles. The van der Waals surface area contributed by atoms with Crippen molar-refractivity contribution >= 4 is 23.2 Å². The average molecular weight is 911 g/mol. The zero-order valence-electron chi connectivity index (χ0n) is 38.9. The van der Waals surface area contributed by atoms with Crippen LogP contribution in [-0.4, -0.2) is 47.9 Å². The quantitative estimate of drug-likeness (QED) is 0.0747. The number of carbonyl (C=O) groups excluding carboxylic acids is 1. The lowest BCUT2D eigenvalue weighted by molar-refractivity contribution is -0.142. The highest BCUT2D eigenvalue weighted by atomic mass is 32.1. The fourth-order valence-corrected chi connectivity index (χ4v) is 14.1. The molecule has 0 spiro atoms. The molecule has 8 aromatic rings. The molecule has 1 amide bonds. The number of H-pyrrole nitrogens is 2. The molecule has 2 aromatic heterocycles. The Morgan fingerprint density at radius 1 is 0.588 bits per heavy atom. The third-order valence-corrected chi connectivity index (χ3v) is 17.2. The second-order valence-corrected chi connectivity index (χ2v) is 20.5. The number of nitrogens with one attached hydrogen (secondary N) is 3. The van der Waals surface area contributed by atoms with Crippen LogP contribution < -0.4 is 5.32 Å². The van der Waals surface area contributed by atoms with Crippen LogP contribution in [0.15, 0.2) is 207 Å². The molecule has 0 radical (unpaired) electrons. The highest BCUT2D eigenvalue weighted by Crippen LogP contribution is 2.66. The molecule has 12 rings (SSSR count). The maximum Gasteiger partial charge on any atom is 0.256 e. The van der Waals surface area contributed by atoms with E-state index in [-0.39, 0.29) is 17.2 Å². The molecular weight excluding hydrogens is 853 g/mol. The molecule has 4 aliphatic rings. The van der Waals surface area contributed by atoms with Crippen LogP contribution in [0.1, 0.15) is 90.2 Å². The van der Waals surface area contributed by atoms with Gasteiger partial charge in [0.05, 0.1) is 46.7 Å². The number of benzene rings is 6. The van der Waals surface area contributed by atoms with Gasteiger partial charge in [0, 0.05) is 18.9 Å². The van der Waals surface area contributed by atoms with Gasteiger partial charge in [0.15, 0.2) is 5.11 Å². The highest BCUT2D eigenvalue weighted by molar-refractivity contribution is 7.80. The van der Waals surface area contributed by atoms with Crippen molar-refractivity contribution in [1.82, 2.24) is 30.2 Å². The van der Waals surface area contributed by atoms with E-state index in [0.717, 1.165) is 39.8 Å². The molecule has 340 valence electrons. The highest BCUT2D eigenvalue weighted by Gasteiger charge is 2.71. The van der Waals surface area contributed by atoms with E-state index >= 15 is 4.79 Å². The van der Waals surface area contributed by atoms with Crippen LogP contribution >= 0.6 is 12.2 Å². The fourth-order valence-electron chi connectivity index (χ4n) is 13.7. The van der Waals surface area contributed by atoms with Crippen LogP contribution in [0.4, 0.5) is 0 Å². The number of aromatic amines is 2. The maximum atomic E-state index is 17.7. The van der Waals surface area contributed by atoms with E-state index in [1.165, 1.54) is 6.42 Å². The smallest absolute Gasteiger partial charge is 0.256 e. The fraction of sp³-hybridized carbons (Fsp3) is 0.267. The lowest BCUT2D eigenvalue weighted by Crippen LogP contribution is -2.66. The SMILES string of the molecule is CC1C(CN2C(=O)C(C(c3c[nH]cn3)C(c3ccccc3)(c3ccccc3)c3ccccc3)(C(c3c[nH]cn3)C(c3ccccc3)(c3ccccc3)c3ccccc3)NC2=S)CC2CC1C2(C)C. The van der Waals surface area contributed by atoms with Crippen LogP contribution in [0.5, 0.6) is 0 Å². The first kappa shape index (κ1) is 43.7. The summed E-state index contributed by atoms with van der Waals surface area (Å²) >= 11 is 6.74. The molecular formula is C60H58N6OS. The monoisotopic (exact) mass is 910 g/mol. The summed E-state index contributed by atoms with van der Waals surface area (Å²) in [5.74, 6) is 0.202. The Hall–Kier alpha value is -6.90. The van der Waals surface area contributed by atoms with Gasteiger partial charge < -0.3 is 15.3 Å². The van der Waals surface area contributed by atoms with E-state index in [2.05, 4.69) is 218 Å². The molecule has 8 heteroatoms. The van der Waals surface area contributed by atoms with E-state index in [0.29, 0.717) is 40.8 Å². The molecule has 6 unspecified atom stereocenters. The summed E-state index contributed by atoms with van der Waals surface area (Å²) in [6, 6.07) is 64.2. The summed E-state index contributed by atoms with van der Waals surface area (Å²) in [4.78, 5) is 37.1. The molecule has 6 atom stereocenters. The molecule has 2 bridgehead atoms. The second kappa shape index (κ2) is 17.3. The Bertz CT molecular complexity index is 2610. The van der Waals surface area contributed by atoms with Crippen molar-refractivity contribution < 1.29 is 4.79 Å². The summed E-state index contributed by atoms with van der Waals surface area (Å²) in [5.41, 5.74) is 3.99. The molecule has 4 fully saturated rings. The minimum atomic E-state index is -1.62. The Morgan fingerprint density at radius 3 is 1.24 bits per heavy atom. The van der Waals surface area contributed by atoms with Crippen LogP contribution in [0.2, 0.25) is 0 Å². The van der Waals surface area contributed by atoms with Gasteiger partial charge in [-0.2, -0.15) is 0 Å². The van der Waals surface area contributed by atoms with Crippen molar-refractivity contribution in [3.05, 3.63) is 252 Å². The summed E-state index contributed by atoms with van der Waals surface area (Å²) in [5, 5.41) is 4.54. The van der Waals surface area contributed by atoms with Crippen molar-refractivity contribution in [2.75, 3.05) is 6.54 Å². The Balaban J connectivity index is 1.31. The molecule has 3 heterocycles. The molecule has 3 aliphatic carbocycles. The topological polar surface area (TPSA) is 89.7 Å². The van der Waals surface area contributed by atoms with E-state index in [1.807, 2.05) is 17.3 Å². The van der Waals surface area contributed by atoms with Crippen LogP contribution in [0.3, 0.4) is 0 Å². The van der Waals surface area contributed by atoms with Crippen molar-refractivity contribution in [3.63, 3.8) is 0 Å². The van der Waals surface area contributed by atoms with E-state index in [4.69, 9.17) is 22.2 Å². The predicted molar refractivity (Wildman–Crippen MR) is 274 cm³/mol. The molecule has 7 nitrogen and oxygen atoms in total. The third kappa shape index (κ3) is 6.58. The number of nitrogens with zero attached hydrogens (tertiary/aromatic N) is 3. The van der Waals surface area contributed by atoms with Crippen molar-refractivity contribution in [1.29, 1.82) is 0 Å². The average Bonchev–Trinajstić information content (AvgIpc) is 4.18. The molecule has 1 saturated heterocycles. The summed E-state index contributed by atoms with van der Waals surface area (Å²) in [6.07, 6.45) is 9.78. The van der Waals surface area contributed by atoms with Gasteiger partial charge in [0.2, 0.25) is 0 Å². The second-order valence-electron chi connectivity index (χ2n) is 20.1. The van der Waals surface area contributed by atoms with Crippen molar-refractivity contribution in [2.24, 2.45) is 29.1 Å². The van der Waals surface area contributed by atoms with Gasteiger partial charge in [-0.05, 0) is 87.5 Å². The number of aromatic nitrogens is 4. The maximum absolute atomic E-state index is 17.7. The summed E-state index contributed by atoms with van der Waals surface area (Å²) < 4.78 is 0. The van der Waals surface area contributed by atoms with Crippen molar-refractivity contribution in [2.45, 2.75) is 61.8 Å². The van der Waals surface area contributed by atoms with E-state index < -0.39 is 28.2 Å². The Kier molecular flexibility index (Phi) is 11.1. The minimum absolute atomic E-state index is 0.0893. The first-order valence-electron chi connectivity index (χ1n) is 24.2. The number of imidazole rings is 2. The van der Waals surface area contributed by atoms with Crippen LogP contribution in [0, 0.1) is 29.1 Å². The zero-order valence-corrected chi connectivity index (χ0v) is 39.7. The lowest BCUT2D eigenvalue weighted by Gasteiger charge is -2.62. The number of rotatable bonds is 14. The van der Waals surface area contributed by atoms with Gasteiger partial charge in [0.1, 0.15) is 5.54 Å². The number of hydrogen-bond acceptors (Lipinski definition) is 4. The minimum Gasteiger partial charge on any atom is -0.351 e. The molecule has 68 heavy (non-hydrogen) atoms. The third-order valence-electron chi connectivity index (χ3n) is 16.9. The number of hydrogen-bond donors (Lipinski definition) is 3. The largest absolute Gasteiger partial charge is 0.351 e. The normalized spacial score (nSPS) is 23.1. The number of thiocarbonyl (C=S) groups is 1. The Morgan fingerprint density at radius 2 is 0.941 bits per heavy atom.